The van der Waals surface area contributed by atoms with Gasteiger partial charge in [-0.15, -0.1) is 0 Å². The van der Waals surface area contributed by atoms with Crippen molar-refractivity contribution in [1.82, 2.24) is 60.2 Å². The van der Waals surface area contributed by atoms with E-state index < -0.39 is 0 Å². The summed E-state index contributed by atoms with van der Waals surface area (Å²) < 4.78 is 15.0. The van der Waals surface area contributed by atoms with Gasteiger partial charge in [-0.1, -0.05) is 13.8 Å². The van der Waals surface area contributed by atoms with Crippen molar-refractivity contribution in [1.29, 1.82) is 0 Å². The van der Waals surface area contributed by atoms with E-state index in [0.29, 0.717) is 24.4 Å². The first-order valence-corrected chi connectivity index (χ1v) is 17.7. The van der Waals surface area contributed by atoms with E-state index in [-0.39, 0.29) is 24.0 Å². The number of carbonyl (C=O) groups excluding carboxylic acids is 1. The highest BCUT2D eigenvalue weighted by molar-refractivity contribution is 9.10. The summed E-state index contributed by atoms with van der Waals surface area (Å²) in [6, 6.07) is 1.60. The van der Waals surface area contributed by atoms with Crippen LogP contribution in [-0.4, -0.2) is 108 Å². The second-order valence-electron chi connectivity index (χ2n) is 11.8. The predicted molar refractivity (Wildman–Crippen MR) is 196 cm³/mol. The number of anilines is 2. The fourth-order valence-electron chi connectivity index (χ4n) is 6.21. The van der Waals surface area contributed by atoms with E-state index in [0.717, 1.165) is 82.1 Å². The lowest BCUT2D eigenvalue weighted by atomic mass is 9.92. The van der Waals surface area contributed by atoms with Crippen molar-refractivity contribution >= 4 is 44.8 Å². The molecular formula is C33H43BrN14O3. The minimum absolute atomic E-state index is 0.120. The smallest absolute Gasteiger partial charge is 0.322 e. The Balaban J connectivity index is 0.000000168. The van der Waals surface area contributed by atoms with E-state index in [9.17, 15) is 4.79 Å². The normalized spacial score (nSPS) is 18.8. The average Bonchev–Trinajstić information content (AvgIpc) is 4.01. The summed E-state index contributed by atoms with van der Waals surface area (Å²) in [5.74, 6) is 1.36. The van der Waals surface area contributed by atoms with Crippen LogP contribution >= 0.6 is 15.9 Å². The molecule has 6 aromatic rings. The third kappa shape index (κ3) is 7.58. The van der Waals surface area contributed by atoms with Crippen LogP contribution in [0.3, 0.4) is 0 Å². The van der Waals surface area contributed by atoms with E-state index >= 15 is 0 Å². The molecule has 270 valence electrons. The Kier molecular flexibility index (Phi) is 11.5. The molecule has 0 amide bonds. The Bertz CT molecular complexity index is 2030. The summed E-state index contributed by atoms with van der Waals surface area (Å²) in [5, 5.41) is 32.2. The standard InChI is InChI=1S/C16H19N7O2.C15H18BrN7O.C2H6/c1-25-16(24)12-3-2-9(5-18-12)13-4-14(17)23-15(22-13)11(8-21-23)10-6-19-20-7-10;1-17-15-13(16)12(4-10-7-18-2-3-24-10)22-14-11(8-21-23(14)15)9-5-19-20-6-9;1-2/h4,6-9,12,18H,2-3,5,17H2,1H3,(H,19,20);5-6,8,10,17-18H,2-4,7H2,1H3,(H,19,20);1-2H3. The van der Waals surface area contributed by atoms with Gasteiger partial charge in [0.25, 0.3) is 0 Å². The first-order chi connectivity index (χ1) is 24.9. The molecule has 3 unspecified atom stereocenters. The fourth-order valence-corrected chi connectivity index (χ4v) is 6.82. The molecule has 2 saturated heterocycles. The van der Waals surface area contributed by atoms with Crippen LogP contribution in [0.5, 0.6) is 0 Å². The van der Waals surface area contributed by atoms with Gasteiger partial charge >= 0.3 is 5.97 Å². The lowest BCUT2D eigenvalue weighted by molar-refractivity contribution is -0.143. The topological polar surface area (TPSA) is 215 Å². The van der Waals surface area contributed by atoms with Crippen molar-refractivity contribution in [2.24, 2.45) is 0 Å². The van der Waals surface area contributed by atoms with Gasteiger partial charge in [0.2, 0.25) is 0 Å². The van der Waals surface area contributed by atoms with Crippen LogP contribution in [0.2, 0.25) is 0 Å². The van der Waals surface area contributed by atoms with E-state index in [2.05, 4.69) is 62.5 Å². The molecule has 0 aliphatic carbocycles. The second-order valence-corrected chi connectivity index (χ2v) is 12.6. The monoisotopic (exact) mass is 762 g/mol. The molecule has 0 aromatic carbocycles. The summed E-state index contributed by atoms with van der Waals surface area (Å²) in [4.78, 5) is 21.3. The maximum Gasteiger partial charge on any atom is 0.322 e. The van der Waals surface area contributed by atoms with Gasteiger partial charge in [0.15, 0.2) is 11.3 Å². The fraction of sp³-hybridized carbons (Fsp3) is 0.424. The van der Waals surface area contributed by atoms with Crippen LogP contribution in [0.15, 0.2) is 47.7 Å². The van der Waals surface area contributed by atoms with Gasteiger partial charge in [-0.2, -0.15) is 29.4 Å². The van der Waals surface area contributed by atoms with Crippen molar-refractivity contribution in [3.8, 4) is 22.3 Å². The highest BCUT2D eigenvalue weighted by Crippen LogP contribution is 2.32. The molecule has 0 spiro atoms. The van der Waals surface area contributed by atoms with E-state index in [1.54, 1.807) is 33.8 Å². The SMILES string of the molecule is CC.CNc1c(Br)c(CC2CNCCO2)nc2c(-c3cn[nH]c3)cnn12.COC(=O)C1CCC(c2cc(N)n3ncc(-c4cn[nH]c4)c3n2)CN1. The van der Waals surface area contributed by atoms with Gasteiger partial charge in [0.1, 0.15) is 17.7 Å². The molecule has 18 heteroatoms. The molecule has 8 rings (SSSR count). The van der Waals surface area contributed by atoms with Crippen LogP contribution in [0.25, 0.3) is 33.5 Å². The number of morpholine rings is 1. The number of nitrogens with zero attached hydrogens (tertiary/aromatic N) is 8. The Morgan fingerprint density at radius 2 is 1.71 bits per heavy atom. The van der Waals surface area contributed by atoms with Gasteiger partial charge in [-0.3, -0.25) is 15.0 Å². The number of nitrogen functional groups attached to an aromatic ring is 1. The Hall–Kier alpha value is -4.91. The number of aromatic nitrogens is 10. The molecule has 0 radical (unpaired) electrons. The Morgan fingerprint density at radius 1 is 1.02 bits per heavy atom. The van der Waals surface area contributed by atoms with Gasteiger partial charge in [-0.25, -0.2) is 9.97 Å². The lowest BCUT2D eigenvalue weighted by Crippen LogP contribution is -2.44. The molecule has 51 heavy (non-hydrogen) atoms. The zero-order valence-electron chi connectivity index (χ0n) is 29.0. The minimum Gasteiger partial charge on any atom is -0.468 e. The van der Waals surface area contributed by atoms with Crippen LogP contribution < -0.4 is 21.7 Å². The molecule has 0 bridgehead atoms. The summed E-state index contributed by atoms with van der Waals surface area (Å²) in [7, 11) is 3.28. The maximum atomic E-state index is 11.6. The van der Waals surface area contributed by atoms with Crippen molar-refractivity contribution in [3.63, 3.8) is 0 Å². The number of hydrogen-bond donors (Lipinski definition) is 6. The van der Waals surface area contributed by atoms with Crippen molar-refractivity contribution in [2.45, 2.75) is 51.2 Å². The number of ether oxygens (including phenoxy) is 2. The highest BCUT2D eigenvalue weighted by atomic mass is 79.9. The van der Waals surface area contributed by atoms with Crippen LogP contribution in [0.1, 0.15) is 44.0 Å². The molecule has 8 heterocycles. The number of halogens is 1. The summed E-state index contributed by atoms with van der Waals surface area (Å²) >= 11 is 3.67. The van der Waals surface area contributed by atoms with Crippen molar-refractivity contribution in [2.75, 3.05) is 51.4 Å². The number of aromatic amines is 2. The zero-order valence-corrected chi connectivity index (χ0v) is 30.6. The second kappa shape index (κ2) is 16.4. The Morgan fingerprint density at radius 3 is 2.27 bits per heavy atom. The number of H-pyrrole nitrogens is 2. The van der Waals surface area contributed by atoms with Crippen molar-refractivity contribution < 1.29 is 14.3 Å². The largest absolute Gasteiger partial charge is 0.468 e. The number of nitrogens with two attached hydrogens (primary N) is 1. The van der Waals surface area contributed by atoms with E-state index in [1.807, 2.05) is 39.4 Å². The summed E-state index contributed by atoms with van der Waals surface area (Å²) in [5.41, 5.74) is 13.2. The summed E-state index contributed by atoms with van der Waals surface area (Å²) in [6.45, 7) is 7.12. The number of piperidine rings is 1. The molecule has 2 aliphatic heterocycles. The average molecular weight is 764 g/mol. The zero-order chi connectivity index (χ0) is 35.9. The summed E-state index contributed by atoms with van der Waals surface area (Å²) in [6.07, 6.45) is 13.1. The molecule has 2 fully saturated rings. The number of hydrogen-bond acceptors (Lipinski definition) is 13. The van der Waals surface area contributed by atoms with Gasteiger partial charge in [0, 0.05) is 79.7 Å². The first kappa shape index (κ1) is 35.9. The molecule has 17 nitrogen and oxygen atoms in total. The van der Waals surface area contributed by atoms with Crippen LogP contribution in [0, 0.1) is 0 Å². The van der Waals surface area contributed by atoms with Crippen LogP contribution in [0.4, 0.5) is 11.6 Å². The minimum atomic E-state index is -0.251. The molecule has 0 saturated carbocycles. The van der Waals surface area contributed by atoms with E-state index in [1.165, 1.54) is 7.11 Å². The van der Waals surface area contributed by atoms with Gasteiger partial charge in [-0.05, 0) is 28.8 Å². The van der Waals surface area contributed by atoms with Crippen LogP contribution in [-0.2, 0) is 20.7 Å². The number of nitrogens with one attached hydrogen (secondary N) is 5. The maximum absolute atomic E-state index is 11.6. The Labute approximate surface area is 302 Å². The van der Waals surface area contributed by atoms with Crippen molar-refractivity contribution in [3.05, 3.63) is 59.1 Å². The van der Waals surface area contributed by atoms with Gasteiger partial charge < -0.3 is 31.2 Å². The number of carbonyl (C=O) groups is 1. The molecule has 7 N–H and O–H groups in total. The number of fused-ring (bicyclic) bond motifs is 2. The first-order valence-electron chi connectivity index (χ1n) is 16.9. The third-order valence-corrected chi connectivity index (χ3v) is 9.61. The molecule has 6 aromatic heterocycles. The number of esters is 1. The number of rotatable bonds is 7. The quantitative estimate of drug-likeness (QED) is 0.129. The van der Waals surface area contributed by atoms with Gasteiger partial charge in [0.05, 0.1) is 60.5 Å². The predicted octanol–water partition coefficient (Wildman–Crippen LogP) is 3.19. The highest BCUT2D eigenvalue weighted by Gasteiger charge is 2.29. The molecular weight excluding hydrogens is 720 g/mol. The molecule has 2 aliphatic rings. The van der Waals surface area contributed by atoms with E-state index in [4.69, 9.17) is 25.2 Å². The third-order valence-electron chi connectivity index (χ3n) is 8.78. The molecule has 3 atom stereocenters. The lowest BCUT2D eigenvalue weighted by Gasteiger charge is -2.28. The number of methoxy groups -OCH3 is 1.